The van der Waals surface area contributed by atoms with Gasteiger partial charge in [0.15, 0.2) is 0 Å². The van der Waals surface area contributed by atoms with Gasteiger partial charge in [0.25, 0.3) is 5.56 Å². The summed E-state index contributed by atoms with van der Waals surface area (Å²) in [5, 5.41) is 2.33. The van der Waals surface area contributed by atoms with Gasteiger partial charge >= 0.3 is 12.3 Å². The lowest BCUT2D eigenvalue weighted by atomic mass is 10.3. The minimum Gasteiger partial charge on any atom is -0.433 e. The van der Waals surface area contributed by atoms with Crippen LogP contribution in [0.2, 0.25) is 5.02 Å². The van der Waals surface area contributed by atoms with E-state index in [9.17, 15) is 23.2 Å². The van der Waals surface area contributed by atoms with E-state index in [-0.39, 0.29) is 23.0 Å². The van der Waals surface area contributed by atoms with E-state index in [2.05, 4.69) is 10.1 Å². The van der Waals surface area contributed by atoms with Crippen molar-refractivity contribution in [2.45, 2.75) is 13.2 Å². The summed E-state index contributed by atoms with van der Waals surface area (Å²) in [7, 11) is 0. The van der Waals surface area contributed by atoms with Crippen LogP contribution in [0.4, 0.5) is 14.5 Å². The number of amides is 1. The van der Waals surface area contributed by atoms with Crippen LogP contribution in [0.25, 0.3) is 0 Å². The summed E-state index contributed by atoms with van der Waals surface area (Å²) in [5.74, 6) is -0.797. The quantitative estimate of drug-likeness (QED) is 0.857. The molecule has 0 bridgehead atoms. The van der Waals surface area contributed by atoms with Crippen molar-refractivity contribution >= 4 is 23.2 Å². The molecule has 1 aromatic heterocycles. The van der Waals surface area contributed by atoms with Gasteiger partial charge in [-0.2, -0.15) is 8.78 Å². The van der Waals surface area contributed by atoms with E-state index >= 15 is 0 Å². The first kappa shape index (κ1) is 16.7. The Morgan fingerprint density at radius 3 is 2.70 bits per heavy atom. The summed E-state index contributed by atoms with van der Waals surface area (Å²) >= 11 is 5.76. The maximum Gasteiger partial charge on any atom is 0.387 e. The van der Waals surface area contributed by atoms with E-state index in [1.807, 2.05) is 4.98 Å². The monoisotopic (exact) mass is 345 g/mol. The van der Waals surface area contributed by atoms with Crippen molar-refractivity contribution < 1.29 is 18.3 Å². The van der Waals surface area contributed by atoms with Crippen molar-refractivity contribution in [3.63, 3.8) is 0 Å². The Labute approximate surface area is 132 Å². The van der Waals surface area contributed by atoms with E-state index in [4.69, 9.17) is 11.6 Å². The number of rotatable bonds is 5. The first-order valence-electron chi connectivity index (χ1n) is 6.19. The number of aromatic nitrogens is 2. The van der Waals surface area contributed by atoms with Crippen molar-refractivity contribution in [2.75, 3.05) is 5.32 Å². The van der Waals surface area contributed by atoms with Gasteiger partial charge in [-0.25, -0.2) is 4.79 Å². The Kier molecular flexibility index (Phi) is 5.12. The molecule has 1 aromatic carbocycles. The van der Waals surface area contributed by atoms with Crippen LogP contribution in [0.15, 0.2) is 40.1 Å². The van der Waals surface area contributed by atoms with Gasteiger partial charge in [-0.3, -0.25) is 19.1 Å². The standard InChI is InChI=1S/C13H10ClF2N3O4/c14-8-5-7(1-2-9(8)23-12(15)16)17-11(21)6-19-4-3-10(20)18-13(19)22/h1-5,12H,6H2,(H,17,21)(H,18,20,22). The van der Waals surface area contributed by atoms with Crippen LogP contribution in [-0.2, 0) is 11.3 Å². The van der Waals surface area contributed by atoms with Gasteiger partial charge in [-0.1, -0.05) is 11.6 Å². The van der Waals surface area contributed by atoms with E-state index in [0.717, 1.165) is 10.6 Å². The summed E-state index contributed by atoms with van der Waals surface area (Å²) in [6.07, 6.45) is 1.17. The highest BCUT2D eigenvalue weighted by Gasteiger charge is 2.11. The molecular formula is C13H10ClF2N3O4. The third-order valence-electron chi connectivity index (χ3n) is 2.64. The van der Waals surface area contributed by atoms with Crippen LogP contribution in [0.1, 0.15) is 0 Å². The Morgan fingerprint density at radius 1 is 1.35 bits per heavy atom. The zero-order valence-electron chi connectivity index (χ0n) is 11.4. The lowest BCUT2D eigenvalue weighted by molar-refractivity contribution is -0.116. The zero-order chi connectivity index (χ0) is 17.0. The minimum atomic E-state index is -3.01. The fourth-order valence-corrected chi connectivity index (χ4v) is 1.92. The predicted octanol–water partition coefficient (Wildman–Crippen LogP) is 1.43. The molecule has 0 aliphatic rings. The fourth-order valence-electron chi connectivity index (χ4n) is 1.69. The second kappa shape index (κ2) is 7.05. The molecular weight excluding hydrogens is 336 g/mol. The number of aromatic amines is 1. The second-order valence-corrected chi connectivity index (χ2v) is 4.72. The number of hydrogen-bond donors (Lipinski definition) is 2. The zero-order valence-corrected chi connectivity index (χ0v) is 12.1. The molecule has 0 saturated carbocycles. The number of anilines is 1. The number of ether oxygens (including phenoxy) is 1. The first-order chi connectivity index (χ1) is 10.8. The molecule has 0 atom stereocenters. The van der Waals surface area contributed by atoms with E-state index in [1.54, 1.807) is 0 Å². The molecule has 0 aliphatic carbocycles. The van der Waals surface area contributed by atoms with Crippen LogP contribution in [0, 0.1) is 0 Å². The van der Waals surface area contributed by atoms with Gasteiger partial charge in [0, 0.05) is 18.0 Å². The average Bonchev–Trinajstić information content (AvgIpc) is 2.44. The number of nitrogens with zero attached hydrogens (tertiary/aromatic N) is 1. The normalized spacial score (nSPS) is 10.6. The van der Waals surface area contributed by atoms with Crippen LogP contribution in [0.5, 0.6) is 5.75 Å². The lowest BCUT2D eigenvalue weighted by Crippen LogP contribution is -2.32. The largest absolute Gasteiger partial charge is 0.433 e. The van der Waals surface area contributed by atoms with Crippen molar-refractivity contribution in [1.82, 2.24) is 9.55 Å². The number of H-pyrrole nitrogens is 1. The molecule has 0 unspecified atom stereocenters. The molecule has 2 rings (SSSR count). The molecule has 23 heavy (non-hydrogen) atoms. The molecule has 0 aliphatic heterocycles. The molecule has 7 nitrogen and oxygen atoms in total. The number of carbonyl (C=O) groups excluding carboxylic acids is 1. The van der Waals surface area contributed by atoms with Crippen LogP contribution in [0.3, 0.4) is 0 Å². The third kappa shape index (κ3) is 4.65. The summed E-state index contributed by atoms with van der Waals surface area (Å²) in [6, 6.07) is 4.82. The highest BCUT2D eigenvalue weighted by atomic mass is 35.5. The van der Waals surface area contributed by atoms with Crippen molar-refractivity contribution in [3.8, 4) is 5.75 Å². The van der Waals surface area contributed by atoms with Gasteiger partial charge in [0.2, 0.25) is 5.91 Å². The Balaban J connectivity index is 2.07. The average molecular weight is 346 g/mol. The van der Waals surface area contributed by atoms with Crippen LogP contribution >= 0.6 is 11.6 Å². The summed E-state index contributed by atoms with van der Waals surface area (Å²) < 4.78 is 29.4. The van der Waals surface area contributed by atoms with Crippen molar-refractivity contribution in [1.29, 1.82) is 0 Å². The maximum absolute atomic E-state index is 12.1. The van der Waals surface area contributed by atoms with E-state index in [1.165, 1.54) is 24.4 Å². The highest BCUT2D eigenvalue weighted by molar-refractivity contribution is 6.32. The third-order valence-corrected chi connectivity index (χ3v) is 2.94. The van der Waals surface area contributed by atoms with Gasteiger partial charge in [-0.15, -0.1) is 0 Å². The second-order valence-electron chi connectivity index (χ2n) is 4.31. The maximum atomic E-state index is 12.1. The topological polar surface area (TPSA) is 93.2 Å². The molecule has 122 valence electrons. The van der Waals surface area contributed by atoms with Gasteiger partial charge in [0.1, 0.15) is 12.3 Å². The smallest absolute Gasteiger partial charge is 0.387 e. The molecule has 0 fully saturated rings. The van der Waals surface area contributed by atoms with Crippen molar-refractivity contribution in [3.05, 3.63) is 56.3 Å². The lowest BCUT2D eigenvalue weighted by Gasteiger charge is -2.10. The van der Waals surface area contributed by atoms with Gasteiger partial charge in [0.05, 0.1) is 5.02 Å². The molecule has 10 heteroatoms. The molecule has 1 amide bonds. The van der Waals surface area contributed by atoms with Gasteiger partial charge < -0.3 is 10.1 Å². The number of hydrogen-bond acceptors (Lipinski definition) is 4. The summed E-state index contributed by atoms with van der Waals surface area (Å²) in [5.41, 5.74) is -1.07. The van der Waals surface area contributed by atoms with Gasteiger partial charge in [-0.05, 0) is 18.2 Å². The molecule has 0 spiro atoms. The fraction of sp³-hybridized carbons (Fsp3) is 0.154. The Morgan fingerprint density at radius 2 is 2.09 bits per heavy atom. The number of carbonyl (C=O) groups is 1. The van der Waals surface area contributed by atoms with Crippen LogP contribution in [-0.4, -0.2) is 22.1 Å². The Hall–Kier alpha value is -2.68. The SMILES string of the molecule is O=C(Cn1ccc(=O)[nH]c1=O)Nc1ccc(OC(F)F)c(Cl)c1. The molecule has 2 N–H and O–H groups in total. The number of alkyl halides is 2. The summed E-state index contributed by atoms with van der Waals surface area (Å²) in [6.45, 7) is -3.36. The first-order valence-corrected chi connectivity index (χ1v) is 6.57. The number of benzene rings is 1. The minimum absolute atomic E-state index is 0.107. The number of nitrogens with one attached hydrogen (secondary N) is 2. The molecule has 2 aromatic rings. The molecule has 0 radical (unpaired) electrons. The van der Waals surface area contributed by atoms with Crippen molar-refractivity contribution in [2.24, 2.45) is 0 Å². The Bertz CT molecular complexity index is 834. The predicted molar refractivity (Wildman–Crippen MR) is 78.0 cm³/mol. The molecule has 0 saturated heterocycles. The molecule has 1 heterocycles. The summed E-state index contributed by atoms with van der Waals surface area (Å²) in [4.78, 5) is 36.2. The van der Waals surface area contributed by atoms with Crippen LogP contribution < -0.4 is 21.3 Å². The number of halogens is 3. The van der Waals surface area contributed by atoms with E-state index in [0.29, 0.717) is 0 Å². The van der Waals surface area contributed by atoms with E-state index < -0.39 is 23.8 Å². The highest BCUT2D eigenvalue weighted by Crippen LogP contribution is 2.28.